The van der Waals surface area contributed by atoms with Crippen molar-refractivity contribution in [3.8, 4) is 0 Å². The fraction of sp³-hybridized carbons (Fsp3) is 0.0952. The summed E-state index contributed by atoms with van der Waals surface area (Å²) in [6.07, 6.45) is 0. The van der Waals surface area contributed by atoms with Crippen molar-refractivity contribution in [2.45, 2.75) is 17.2 Å². The summed E-state index contributed by atoms with van der Waals surface area (Å²) in [5.74, 6) is 0.626. The number of sulfonamides is 1. The van der Waals surface area contributed by atoms with Gasteiger partial charge in [-0.2, -0.15) is 8.42 Å². The van der Waals surface area contributed by atoms with E-state index >= 15 is 0 Å². The highest BCUT2D eigenvalue weighted by Crippen LogP contribution is 2.36. The largest absolute Gasteiger partial charge is 0.315 e. The predicted molar refractivity (Wildman–Crippen MR) is 119 cm³/mol. The van der Waals surface area contributed by atoms with E-state index in [-0.39, 0.29) is 4.90 Å². The molecule has 3 aromatic carbocycles. The fourth-order valence-corrected chi connectivity index (χ4v) is 5.84. The van der Waals surface area contributed by atoms with Crippen molar-refractivity contribution >= 4 is 48.6 Å². The average molecular weight is 473 g/mol. The first-order chi connectivity index (χ1) is 13.5. The third-order valence-corrected chi connectivity index (χ3v) is 7.27. The lowest BCUT2D eigenvalue weighted by Crippen LogP contribution is -2.33. The number of nitrogens with zero attached hydrogens (tertiary/aromatic N) is 2. The van der Waals surface area contributed by atoms with E-state index in [1.165, 1.54) is 11.8 Å². The number of halogens is 1. The van der Waals surface area contributed by atoms with Crippen LogP contribution in [0.2, 0.25) is 0 Å². The van der Waals surface area contributed by atoms with E-state index in [0.717, 1.165) is 15.6 Å². The van der Waals surface area contributed by atoms with Gasteiger partial charge in [-0.05, 0) is 35.4 Å². The highest BCUT2D eigenvalue weighted by atomic mass is 79.9. The van der Waals surface area contributed by atoms with Gasteiger partial charge in [-0.3, -0.25) is 0 Å². The number of para-hydroxylation sites is 1. The molecule has 4 rings (SSSR count). The summed E-state index contributed by atoms with van der Waals surface area (Å²) >= 11 is 4.91. The van der Waals surface area contributed by atoms with Gasteiger partial charge in [0.25, 0.3) is 10.0 Å². The molecule has 142 valence electrons. The number of hydrogen-bond donors (Lipinski definition) is 0. The first-order valence-electron chi connectivity index (χ1n) is 8.66. The average Bonchev–Trinajstić information content (AvgIpc) is 2.70. The number of benzene rings is 3. The molecule has 1 heterocycles. The molecule has 0 saturated carbocycles. The molecule has 0 aliphatic carbocycles. The van der Waals surface area contributed by atoms with Gasteiger partial charge < -0.3 is 4.90 Å². The van der Waals surface area contributed by atoms with Crippen LogP contribution < -0.4 is 4.90 Å². The topological polar surface area (TPSA) is 49.7 Å². The summed E-state index contributed by atoms with van der Waals surface area (Å²) in [5.41, 5.74) is 2.85. The Bertz CT molecular complexity index is 1130. The van der Waals surface area contributed by atoms with Crippen molar-refractivity contribution in [3.63, 3.8) is 0 Å². The molecule has 0 radical (unpaired) electrons. The Hall–Kier alpha value is -2.09. The van der Waals surface area contributed by atoms with Gasteiger partial charge in [-0.25, -0.2) is 0 Å². The van der Waals surface area contributed by atoms with E-state index < -0.39 is 10.0 Å². The van der Waals surface area contributed by atoms with Crippen LogP contribution in [-0.4, -0.2) is 13.6 Å². The smallest absolute Gasteiger partial charge is 0.286 e. The summed E-state index contributed by atoms with van der Waals surface area (Å²) in [6.45, 7) is 0.553. The summed E-state index contributed by atoms with van der Waals surface area (Å²) in [7, 11) is -3.71. The number of thioether (sulfide) groups is 1. The zero-order chi connectivity index (χ0) is 19.6. The van der Waals surface area contributed by atoms with E-state index in [4.69, 9.17) is 0 Å². The molecule has 0 atom stereocenters. The highest BCUT2D eigenvalue weighted by Gasteiger charge is 2.30. The van der Waals surface area contributed by atoms with Crippen LogP contribution in [0.25, 0.3) is 0 Å². The third-order valence-electron chi connectivity index (χ3n) is 4.30. The molecule has 0 spiro atoms. The standard InChI is InChI=1S/C21H17BrN2O2S2/c22-18-10-6-9-17(13-18)15-27-21-23-28(25,26)20-12-5-4-11-19(20)24(21)14-16-7-2-1-3-8-16/h1-13H,14-15H2. The predicted octanol–water partition coefficient (Wildman–Crippen LogP) is 5.45. The second-order valence-electron chi connectivity index (χ2n) is 6.31. The second-order valence-corrected chi connectivity index (χ2v) is 9.74. The zero-order valence-electron chi connectivity index (χ0n) is 14.8. The number of amidine groups is 1. The van der Waals surface area contributed by atoms with Crippen LogP contribution >= 0.6 is 27.7 Å². The second kappa shape index (κ2) is 8.11. The number of hydrogen-bond acceptors (Lipinski definition) is 4. The lowest BCUT2D eigenvalue weighted by Gasteiger charge is -2.30. The van der Waals surface area contributed by atoms with Crippen LogP contribution in [0, 0.1) is 0 Å². The van der Waals surface area contributed by atoms with Gasteiger partial charge in [0.05, 0.1) is 12.2 Å². The van der Waals surface area contributed by atoms with Crippen molar-refractivity contribution in [1.29, 1.82) is 0 Å². The molecule has 0 N–H and O–H groups in total. The molecule has 1 aliphatic rings. The Morgan fingerprint density at radius 2 is 1.61 bits per heavy atom. The maximum Gasteiger partial charge on any atom is 0.286 e. The van der Waals surface area contributed by atoms with Gasteiger partial charge in [0.1, 0.15) is 4.90 Å². The van der Waals surface area contributed by atoms with E-state index in [1.807, 2.05) is 71.6 Å². The molecule has 0 amide bonds. The van der Waals surface area contributed by atoms with Crippen molar-refractivity contribution < 1.29 is 8.42 Å². The van der Waals surface area contributed by atoms with Crippen molar-refractivity contribution in [2.75, 3.05) is 4.90 Å². The van der Waals surface area contributed by atoms with Gasteiger partial charge in [0, 0.05) is 10.2 Å². The van der Waals surface area contributed by atoms with Gasteiger partial charge in [-0.15, -0.1) is 4.40 Å². The molecular weight excluding hydrogens is 456 g/mol. The quantitative estimate of drug-likeness (QED) is 0.506. The highest BCUT2D eigenvalue weighted by molar-refractivity contribution is 9.10. The summed E-state index contributed by atoms with van der Waals surface area (Å²) in [4.78, 5) is 2.23. The molecule has 0 unspecified atom stereocenters. The Morgan fingerprint density at radius 1 is 0.893 bits per heavy atom. The maximum atomic E-state index is 12.7. The molecule has 0 bridgehead atoms. The normalized spacial score (nSPS) is 15.0. The Kier molecular flexibility index (Phi) is 5.57. The minimum Gasteiger partial charge on any atom is -0.315 e. The van der Waals surface area contributed by atoms with E-state index in [2.05, 4.69) is 20.3 Å². The first-order valence-corrected chi connectivity index (χ1v) is 11.9. The Morgan fingerprint density at radius 3 is 2.39 bits per heavy atom. The molecule has 1 aliphatic heterocycles. The van der Waals surface area contributed by atoms with Gasteiger partial charge >= 0.3 is 0 Å². The van der Waals surface area contributed by atoms with E-state index in [9.17, 15) is 8.42 Å². The molecule has 4 nitrogen and oxygen atoms in total. The summed E-state index contributed by atoms with van der Waals surface area (Å²) < 4.78 is 30.6. The van der Waals surface area contributed by atoms with Crippen molar-refractivity contribution in [1.82, 2.24) is 0 Å². The van der Waals surface area contributed by atoms with Crippen molar-refractivity contribution in [3.05, 3.63) is 94.5 Å². The Balaban J connectivity index is 1.70. The van der Waals surface area contributed by atoms with Crippen LogP contribution in [0.15, 0.2) is 92.6 Å². The Labute approximate surface area is 177 Å². The van der Waals surface area contributed by atoms with E-state index in [1.54, 1.807) is 12.1 Å². The molecular formula is C21H17BrN2O2S2. The van der Waals surface area contributed by atoms with E-state index in [0.29, 0.717) is 23.2 Å². The van der Waals surface area contributed by atoms with Gasteiger partial charge in [0.15, 0.2) is 5.17 Å². The summed E-state index contributed by atoms with van der Waals surface area (Å²) in [5, 5.41) is 0.488. The van der Waals surface area contributed by atoms with Crippen LogP contribution in [-0.2, 0) is 22.3 Å². The molecule has 3 aromatic rings. The van der Waals surface area contributed by atoms with Crippen LogP contribution in [0.3, 0.4) is 0 Å². The van der Waals surface area contributed by atoms with Gasteiger partial charge in [-0.1, -0.05) is 82.3 Å². The van der Waals surface area contributed by atoms with Crippen molar-refractivity contribution in [2.24, 2.45) is 4.40 Å². The molecule has 28 heavy (non-hydrogen) atoms. The lowest BCUT2D eigenvalue weighted by molar-refractivity contribution is 0.597. The molecule has 0 aromatic heterocycles. The molecule has 0 fully saturated rings. The minimum atomic E-state index is -3.71. The van der Waals surface area contributed by atoms with Crippen LogP contribution in [0.4, 0.5) is 5.69 Å². The van der Waals surface area contributed by atoms with Crippen LogP contribution in [0.5, 0.6) is 0 Å². The monoisotopic (exact) mass is 472 g/mol. The maximum absolute atomic E-state index is 12.7. The first kappa shape index (κ1) is 19.2. The number of anilines is 1. The molecule has 7 heteroatoms. The fourth-order valence-electron chi connectivity index (χ4n) is 3.00. The summed E-state index contributed by atoms with van der Waals surface area (Å²) in [6, 6.07) is 25.0. The number of fused-ring (bicyclic) bond motifs is 1. The third kappa shape index (κ3) is 4.16. The van der Waals surface area contributed by atoms with Crippen LogP contribution in [0.1, 0.15) is 11.1 Å². The number of rotatable bonds is 4. The minimum absolute atomic E-state index is 0.248. The lowest BCUT2D eigenvalue weighted by atomic mass is 10.2. The van der Waals surface area contributed by atoms with Gasteiger partial charge in [0.2, 0.25) is 0 Å². The SMILES string of the molecule is O=S1(=O)N=C(SCc2cccc(Br)c2)N(Cc2ccccc2)c2ccccc21. The molecule has 0 saturated heterocycles. The zero-order valence-corrected chi connectivity index (χ0v) is 18.0.